The van der Waals surface area contributed by atoms with Gasteiger partial charge in [0.2, 0.25) is 5.91 Å². The fourth-order valence-corrected chi connectivity index (χ4v) is 2.62. The summed E-state index contributed by atoms with van der Waals surface area (Å²) in [5, 5.41) is 3.15. The molecule has 0 bridgehead atoms. The zero-order valence-corrected chi connectivity index (χ0v) is 14.2. The summed E-state index contributed by atoms with van der Waals surface area (Å²) in [5.74, 6) is 0.258. The molecule has 0 aliphatic carbocycles. The van der Waals surface area contributed by atoms with Crippen LogP contribution in [0.4, 0.5) is 0 Å². The van der Waals surface area contributed by atoms with Crippen LogP contribution in [0.5, 0.6) is 0 Å². The Morgan fingerprint density at radius 3 is 1.85 bits per heavy atom. The first-order valence-corrected chi connectivity index (χ1v) is 9.03. The van der Waals surface area contributed by atoms with E-state index in [1.165, 1.54) is 51.4 Å². The van der Waals surface area contributed by atoms with Gasteiger partial charge in [0.15, 0.2) is 0 Å². The van der Waals surface area contributed by atoms with E-state index < -0.39 is 0 Å². The van der Waals surface area contributed by atoms with Crippen LogP contribution in [0.3, 0.4) is 0 Å². The zero-order valence-electron chi connectivity index (χ0n) is 14.2. The van der Waals surface area contributed by atoms with Crippen LogP contribution in [0, 0.1) is 0 Å². The molecule has 0 fully saturated rings. The molecule has 0 saturated carbocycles. The minimum atomic E-state index is 0.258. The second-order valence-electron chi connectivity index (χ2n) is 6.04. The highest BCUT2D eigenvalue weighted by atomic mass is 16.1. The lowest BCUT2D eigenvalue weighted by Crippen LogP contribution is -2.33. The number of nitrogens with one attached hydrogen (secondary N) is 1. The normalized spacial score (nSPS) is 12.3. The molecule has 0 aliphatic heterocycles. The summed E-state index contributed by atoms with van der Waals surface area (Å²) in [5.41, 5.74) is 0. The van der Waals surface area contributed by atoms with E-state index in [-0.39, 0.29) is 5.91 Å². The van der Waals surface area contributed by atoms with Crippen LogP contribution in [0.2, 0.25) is 0 Å². The SMILES string of the molecule is CCCCCCCCCCCC(=O)NC(CC)CCC. The number of carbonyl (C=O) groups is 1. The molecule has 2 heteroatoms. The van der Waals surface area contributed by atoms with Crippen molar-refractivity contribution in [1.29, 1.82) is 0 Å². The number of amides is 1. The molecule has 0 aliphatic rings. The third-order valence-electron chi connectivity index (χ3n) is 4.00. The van der Waals surface area contributed by atoms with Gasteiger partial charge >= 0.3 is 0 Å². The number of carbonyl (C=O) groups excluding carboxylic acids is 1. The van der Waals surface area contributed by atoms with Crippen LogP contribution >= 0.6 is 0 Å². The lowest BCUT2D eigenvalue weighted by molar-refractivity contribution is -0.122. The quantitative estimate of drug-likeness (QED) is 0.413. The Kier molecular flexibility index (Phi) is 14.5. The van der Waals surface area contributed by atoms with Crippen molar-refractivity contribution >= 4 is 5.91 Å². The average Bonchev–Trinajstić information content (AvgIpc) is 2.45. The van der Waals surface area contributed by atoms with Crippen LogP contribution in [-0.2, 0) is 4.79 Å². The second kappa shape index (κ2) is 14.9. The van der Waals surface area contributed by atoms with Crippen molar-refractivity contribution in [1.82, 2.24) is 5.32 Å². The van der Waals surface area contributed by atoms with Gasteiger partial charge in [-0.1, -0.05) is 78.6 Å². The zero-order chi connectivity index (χ0) is 15.1. The molecule has 1 unspecified atom stereocenters. The molecular weight excluding hydrogens is 246 g/mol. The van der Waals surface area contributed by atoms with Crippen LogP contribution in [0.25, 0.3) is 0 Å². The number of hydrogen-bond acceptors (Lipinski definition) is 1. The van der Waals surface area contributed by atoms with Gasteiger partial charge in [-0.15, -0.1) is 0 Å². The minimum Gasteiger partial charge on any atom is -0.353 e. The molecule has 0 heterocycles. The van der Waals surface area contributed by atoms with E-state index >= 15 is 0 Å². The van der Waals surface area contributed by atoms with Gasteiger partial charge in [0, 0.05) is 12.5 Å². The highest BCUT2D eigenvalue weighted by Crippen LogP contribution is 2.10. The molecular formula is C18H37NO. The van der Waals surface area contributed by atoms with Crippen molar-refractivity contribution in [2.45, 2.75) is 110 Å². The van der Waals surface area contributed by atoms with E-state index in [4.69, 9.17) is 0 Å². The number of unbranched alkanes of at least 4 members (excludes halogenated alkanes) is 8. The maximum Gasteiger partial charge on any atom is 0.220 e. The van der Waals surface area contributed by atoms with Gasteiger partial charge < -0.3 is 5.32 Å². The molecule has 0 saturated heterocycles. The maximum atomic E-state index is 11.8. The molecule has 1 atom stereocenters. The van der Waals surface area contributed by atoms with Crippen LogP contribution < -0.4 is 5.32 Å². The maximum absolute atomic E-state index is 11.8. The monoisotopic (exact) mass is 283 g/mol. The van der Waals surface area contributed by atoms with Crippen LogP contribution in [-0.4, -0.2) is 11.9 Å². The van der Waals surface area contributed by atoms with E-state index in [1.807, 2.05) is 0 Å². The van der Waals surface area contributed by atoms with Gasteiger partial charge in [-0.25, -0.2) is 0 Å². The predicted octanol–water partition coefficient (Wildman–Crippen LogP) is 5.60. The fraction of sp³-hybridized carbons (Fsp3) is 0.944. The third kappa shape index (κ3) is 12.5. The van der Waals surface area contributed by atoms with Gasteiger partial charge in [-0.2, -0.15) is 0 Å². The molecule has 120 valence electrons. The van der Waals surface area contributed by atoms with E-state index in [0.29, 0.717) is 6.04 Å². The first-order valence-electron chi connectivity index (χ1n) is 9.03. The Morgan fingerprint density at radius 1 is 0.800 bits per heavy atom. The molecule has 2 nitrogen and oxygen atoms in total. The smallest absolute Gasteiger partial charge is 0.220 e. The molecule has 1 N–H and O–H groups in total. The number of hydrogen-bond donors (Lipinski definition) is 1. The Balaban J connectivity index is 3.34. The Labute approximate surface area is 127 Å². The average molecular weight is 284 g/mol. The van der Waals surface area contributed by atoms with E-state index in [1.54, 1.807) is 0 Å². The van der Waals surface area contributed by atoms with Crippen molar-refractivity contribution in [3.05, 3.63) is 0 Å². The first kappa shape index (κ1) is 19.5. The standard InChI is InChI=1S/C18H37NO/c1-4-7-8-9-10-11-12-13-14-16-18(20)19-17(6-3)15-5-2/h17H,4-16H2,1-3H3,(H,19,20). The summed E-state index contributed by atoms with van der Waals surface area (Å²) in [4.78, 5) is 11.8. The van der Waals surface area contributed by atoms with E-state index in [0.717, 1.165) is 32.1 Å². The predicted molar refractivity (Wildman–Crippen MR) is 89.0 cm³/mol. The molecule has 1 amide bonds. The van der Waals surface area contributed by atoms with Gasteiger partial charge in [0.25, 0.3) is 0 Å². The van der Waals surface area contributed by atoms with Gasteiger partial charge in [0.1, 0.15) is 0 Å². The topological polar surface area (TPSA) is 29.1 Å². The Morgan fingerprint density at radius 2 is 1.35 bits per heavy atom. The highest BCUT2D eigenvalue weighted by Gasteiger charge is 2.08. The van der Waals surface area contributed by atoms with E-state index in [2.05, 4.69) is 26.1 Å². The Hall–Kier alpha value is -0.530. The van der Waals surface area contributed by atoms with Gasteiger partial charge in [0.05, 0.1) is 0 Å². The molecule has 0 aromatic carbocycles. The van der Waals surface area contributed by atoms with Crippen LogP contribution in [0.1, 0.15) is 104 Å². The van der Waals surface area contributed by atoms with Gasteiger partial charge in [-0.05, 0) is 19.3 Å². The lowest BCUT2D eigenvalue weighted by Gasteiger charge is -2.15. The lowest BCUT2D eigenvalue weighted by atomic mass is 10.1. The summed E-state index contributed by atoms with van der Waals surface area (Å²) >= 11 is 0. The summed E-state index contributed by atoms with van der Waals surface area (Å²) in [6.07, 6.45) is 15.8. The molecule has 0 aromatic heterocycles. The summed E-state index contributed by atoms with van der Waals surface area (Å²) in [6.45, 7) is 6.59. The van der Waals surface area contributed by atoms with E-state index in [9.17, 15) is 4.79 Å². The fourth-order valence-electron chi connectivity index (χ4n) is 2.62. The molecule has 0 rings (SSSR count). The van der Waals surface area contributed by atoms with Crippen LogP contribution in [0.15, 0.2) is 0 Å². The Bertz CT molecular complexity index is 215. The molecule has 0 spiro atoms. The molecule has 0 radical (unpaired) electrons. The van der Waals surface area contributed by atoms with Crippen molar-refractivity contribution in [3.8, 4) is 0 Å². The van der Waals surface area contributed by atoms with Crippen molar-refractivity contribution in [2.24, 2.45) is 0 Å². The van der Waals surface area contributed by atoms with Crippen molar-refractivity contribution < 1.29 is 4.79 Å². The largest absolute Gasteiger partial charge is 0.353 e. The minimum absolute atomic E-state index is 0.258. The van der Waals surface area contributed by atoms with Crippen molar-refractivity contribution in [3.63, 3.8) is 0 Å². The summed E-state index contributed by atoms with van der Waals surface area (Å²) in [6, 6.07) is 0.395. The molecule has 20 heavy (non-hydrogen) atoms. The summed E-state index contributed by atoms with van der Waals surface area (Å²) in [7, 11) is 0. The first-order chi connectivity index (χ1) is 9.74. The third-order valence-corrected chi connectivity index (χ3v) is 4.00. The summed E-state index contributed by atoms with van der Waals surface area (Å²) < 4.78 is 0. The van der Waals surface area contributed by atoms with Gasteiger partial charge in [-0.3, -0.25) is 4.79 Å². The number of rotatable bonds is 14. The molecule has 0 aromatic rings. The van der Waals surface area contributed by atoms with Crippen molar-refractivity contribution in [2.75, 3.05) is 0 Å². The second-order valence-corrected chi connectivity index (χ2v) is 6.04. The highest BCUT2D eigenvalue weighted by molar-refractivity contribution is 5.76.